The summed E-state index contributed by atoms with van der Waals surface area (Å²) in [5, 5.41) is 9.73. The number of alkyl halides is 1. The maximum atomic E-state index is 13.8. The Bertz CT molecular complexity index is 880. The average molecular weight is 320 g/mol. The smallest absolute Gasteiger partial charge is 0.143 e. The average Bonchev–Trinajstić information content (AvgIpc) is 2.84. The lowest BCUT2D eigenvalue weighted by molar-refractivity contribution is 0.622. The fourth-order valence-electron chi connectivity index (χ4n) is 2.27. The van der Waals surface area contributed by atoms with Crippen LogP contribution in [0.15, 0.2) is 36.4 Å². The van der Waals surface area contributed by atoms with Crippen LogP contribution in [0.5, 0.6) is 0 Å². The molecule has 3 aromatic rings. The standard InChI is InChI=1S/C15H8Cl2FN3/c16-7-15-20-12-5-4-9(17)6-14(12)21(15)13-3-1-2-11(18)10(13)8-19/h1-6H,7H2. The number of imidazole rings is 1. The van der Waals surface area contributed by atoms with Crippen molar-refractivity contribution in [2.75, 3.05) is 0 Å². The Balaban J connectivity index is 2.42. The van der Waals surface area contributed by atoms with Gasteiger partial charge in [0.15, 0.2) is 0 Å². The second-order valence-corrected chi connectivity index (χ2v) is 5.08. The van der Waals surface area contributed by atoms with E-state index in [2.05, 4.69) is 4.98 Å². The van der Waals surface area contributed by atoms with Crippen LogP contribution in [0.1, 0.15) is 11.4 Å². The summed E-state index contributed by atoms with van der Waals surface area (Å²) in [6.45, 7) is 0. The Morgan fingerprint density at radius 1 is 1.29 bits per heavy atom. The summed E-state index contributed by atoms with van der Waals surface area (Å²) in [5.74, 6) is 0.0728. The molecular weight excluding hydrogens is 312 g/mol. The molecule has 0 atom stereocenters. The normalized spacial score (nSPS) is 10.8. The van der Waals surface area contributed by atoms with Crippen molar-refractivity contribution in [1.29, 1.82) is 5.26 Å². The summed E-state index contributed by atoms with van der Waals surface area (Å²) in [5.41, 5.74) is 1.71. The molecule has 0 spiro atoms. The number of halogens is 3. The summed E-state index contributed by atoms with van der Waals surface area (Å²) in [6.07, 6.45) is 0. The van der Waals surface area contributed by atoms with Crippen molar-refractivity contribution in [2.45, 2.75) is 5.88 Å². The second kappa shape index (κ2) is 5.36. The number of hydrogen-bond acceptors (Lipinski definition) is 2. The van der Waals surface area contributed by atoms with Gasteiger partial charge < -0.3 is 0 Å². The van der Waals surface area contributed by atoms with Gasteiger partial charge in [0, 0.05) is 5.02 Å². The molecular formula is C15H8Cl2FN3. The minimum atomic E-state index is -0.584. The van der Waals surface area contributed by atoms with Crippen LogP contribution in [0.2, 0.25) is 5.02 Å². The highest BCUT2D eigenvalue weighted by Gasteiger charge is 2.17. The van der Waals surface area contributed by atoms with Gasteiger partial charge in [0.05, 0.1) is 22.6 Å². The molecule has 0 unspecified atom stereocenters. The van der Waals surface area contributed by atoms with E-state index in [-0.39, 0.29) is 11.4 Å². The van der Waals surface area contributed by atoms with Gasteiger partial charge in [-0.25, -0.2) is 9.37 Å². The van der Waals surface area contributed by atoms with Crippen molar-refractivity contribution in [3.8, 4) is 11.8 Å². The van der Waals surface area contributed by atoms with Gasteiger partial charge in [-0.1, -0.05) is 17.7 Å². The number of hydrogen-bond donors (Lipinski definition) is 0. The molecule has 1 aromatic heterocycles. The zero-order valence-corrected chi connectivity index (χ0v) is 12.2. The maximum Gasteiger partial charge on any atom is 0.143 e. The highest BCUT2D eigenvalue weighted by Crippen LogP contribution is 2.27. The number of nitriles is 1. The van der Waals surface area contributed by atoms with Gasteiger partial charge in [-0.15, -0.1) is 11.6 Å². The van der Waals surface area contributed by atoms with E-state index in [1.807, 2.05) is 6.07 Å². The lowest BCUT2D eigenvalue weighted by Gasteiger charge is -2.10. The van der Waals surface area contributed by atoms with Gasteiger partial charge in [-0.3, -0.25) is 4.57 Å². The van der Waals surface area contributed by atoms with Gasteiger partial charge >= 0.3 is 0 Å². The predicted molar refractivity (Wildman–Crippen MR) is 80.3 cm³/mol. The molecule has 0 saturated heterocycles. The second-order valence-electron chi connectivity index (χ2n) is 4.38. The number of aromatic nitrogens is 2. The largest absolute Gasteiger partial charge is 0.294 e. The third-order valence-electron chi connectivity index (χ3n) is 3.15. The number of rotatable bonds is 2. The molecule has 0 radical (unpaired) electrons. The Morgan fingerprint density at radius 2 is 2.10 bits per heavy atom. The van der Waals surface area contributed by atoms with E-state index in [9.17, 15) is 9.65 Å². The molecule has 0 aliphatic rings. The van der Waals surface area contributed by atoms with Crippen molar-refractivity contribution in [2.24, 2.45) is 0 Å². The molecule has 3 nitrogen and oxygen atoms in total. The first-order valence-corrected chi connectivity index (χ1v) is 6.98. The molecule has 21 heavy (non-hydrogen) atoms. The van der Waals surface area contributed by atoms with Crippen LogP contribution in [-0.2, 0) is 5.88 Å². The van der Waals surface area contributed by atoms with Crippen molar-refractivity contribution in [1.82, 2.24) is 9.55 Å². The van der Waals surface area contributed by atoms with Gasteiger partial charge in [-0.05, 0) is 30.3 Å². The monoisotopic (exact) mass is 319 g/mol. The fourth-order valence-corrected chi connectivity index (χ4v) is 2.61. The third kappa shape index (κ3) is 2.25. The maximum absolute atomic E-state index is 13.8. The topological polar surface area (TPSA) is 41.6 Å². The molecule has 0 amide bonds. The highest BCUT2D eigenvalue weighted by atomic mass is 35.5. The molecule has 3 rings (SSSR count). The summed E-state index contributed by atoms with van der Waals surface area (Å²) in [4.78, 5) is 4.39. The van der Waals surface area contributed by atoms with Crippen LogP contribution < -0.4 is 0 Å². The molecule has 2 aromatic carbocycles. The summed E-state index contributed by atoms with van der Waals surface area (Å²) < 4.78 is 15.5. The van der Waals surface area contributed by atoms with Crippen LogP contribution >= 0.6 is 23.2 Å². The molecule has 1 heterocycles. The van der Waals surface area contributed by atoms with E-state index in [1.165, 1.54) is 6.07 Å². The SMILES string of the molecule is N#Cc1c(F)cccc1-n1c(CCl)nc2ccc(Cl)cc21. The van der Waals surface area contributed by atoms with E-state index >= 15 is 0 Å². The van der Waals surface area contributed by atoms with E-state index < -0.39 is 5.82 Å². The third-order valence-corrected chi connectivity index (χ3v) is 3.62. The zero-order chi connectivity index (χ0) is 15.0. The molecule has 0 N–H and O–H groups in total. The number of nitrogens with zero attached hydrogens (tertiary/aromatic N) is 3. The number of benzene rings is 2. The minimum Gasteiger partial charge on any atom is -0.294 e. The lowest BCUT2D eigenvalue weighted by atomic mass is 10.1. The number of fused-ring (bicyclic) bond motifs is 1. The molecule has 0 fully saturated rings. The minimum absolute atomic E-state index is 0.0526. The van der Waals surface area contributed by atoms with Crippen LogP contribution in [0.25, 0.3) is 16.7 Å². The Hall–Kier alpha value is -2.09. The van der Waals surface area contributed by atoms with Crippen molar-refractivity contribution in [3.63, 3.8) is 0 Å². The quantitative estimate of drug-likeness (QED) is 0.656. The van der Waals surface area contributed by atoms with Crippen LogP contribution in [-0.4, -0.2) is 9.55 Å². The van der Waals surface area contributed by atoms with Gasteiger partial charge in [-0.2, -0.15) is 5.26 Å². The van der Waals surface area contributed by atoms with Gasteiger partial charge in [0.25, 0.3) is 0 Å². The Kier molecular flexibility index (Phi) is 3.54. The van der Waals surface area contributed by atoms with E-state index in [0.717, 1.165) is 0 Å². The fraction of sp³-hybridized carbons (Fsp3) is 0.0667. The van der Waals surface area contributed by atoms with E-state index in [0.29, 0.717) is 27.6 Å². The Labute approximate surface area is 130 Å². The molecule has 6 heteroatoms. The first-order chi connectivity index (χ1) is 10.2. The molecule has 0 aliphatic heterocycles. The molecule has 0 bridgehead atoms. The predicted octanol–water partition coefficient (Wildman–Crippen LogP) is 4.43. The molecule has 0 aliphatic carbocycles. The first kappa shape index (κ1) is 13.9. The summed E-state index contributed by atoms with van der Waals surface area (Å²) >= 11 is 12.0. The summed E-state index contributed by atoms with van der Waals surface area (Å²) in [6, 6.07) is 11.5. The van der Waals surface area contributed by atoms with Crippen LogP contribution in [0.4, 0.5) is 4.39 Å². The van der Waals surface area contributed by atoms with Gasteiger partial charge in [0.2, 0.25) is 0 Å². The molecule has 104 valence electrons. The van der Waals surface area contributed by atoms with Crippen LogP contribution in [0, 0.1) is 17.1 Å². The van der Waals surface area contributed by atoms with Crippen molar-refractivity contribution < 1.29 is 4.39 Å². The van der Waals surface area contributed by atoms with Gasteiger partial charge in [0.1, 0.15) is 23.3 Å². The van der Waals surface area contributed by atoms with Crippen molar-refractivity contribution in [3.05, 3.63) is 58.6 Å². The summed E-state index contributed by atoms with van der Waals surface area (Å²) in [7, 11) is 0. The molecule has 0 saturated carbocycles. The van der Waals surface area contributed by atoms with E-state index in [1.54, 1.807) is 34.9 Å². The first-order valence-electron chi connectivity index (χ1n) is 6.07. The van der Waals surface area contributed by atoms with Crippen molar-refractivity contribution >= 4 is 34.2 Å². The highest BCUT2D eigenvalue weighted by molar-refractivity contribution is 6.31. The lowest BCUT2D eigenvalue weighted by Crippen LogP contribution is -2.03. The Morgan fingerprint density at radius 3 is 2.81 bits per heavy atom. The van der Waals surface area contributed by atoms with E-state index in [4.69, 9.17) is 23.2 Å². The van der Waals surface area contributed by atoms with Crippen LogP contribution in [0.3, 0.4) is 0 Å². The zero-order valence-electron chi connectivity index (χ0n) is 10.6.